The Morgan fingerprint density at radius 1 is 1.50 bits per heavy atom. The third-order valence-corrected chi connectivity index (χ3v) is 4.38. The first kappa shape index (κ1) is 15.3. The highest BCUT2D eigenvalue weighted by atomic mass is 79.9. The fourth-order valence-electron chi connectivity index (χ4n) is 2.96. The largest absolute Gasteiger partial charge is 0.421 e. The molecule has 2 heterocycles. The summed E-state index contributed by atoms with van der Waals surface area (Å²) < 4.78 is 7.81. The highest BCUT2D eigenvalue weighted by molar-refractivity contribution is 9.10. The van der Waals surface area contributed by atoms with Crippen LogP contribution in [0.2, 0.25) is 0 Å². The molecule has 1 aliphatic heterocycles. The Hall–Kier alpha value is -1.60. The smallest absolute Gasteiger partial charge is 0.408 e. The number of benzene rings is 1. The molecule has 3 rings (SSSR count). The van der Waals surface area contributed by atoms with Crippen molar-refractivity contribution in [3.05, 3.63) is 33.2 Å². The van der Waals surface area contributed by atoms with Crippen molar-refractivity contribution in [2.75, 3.05) is 13.1 Å². The van der Waals surface area contributed by atoms with Gasteiger partial charge in [-0.2, -0.15) is 0 Å². The van der Waals surface area contributed by atoms with Gasteiger partial charge in [-0.3, -0.25) is 14.3 Å². The molecule has 1 saturated heterocycles. The summed E-state index contributed by atoms with van der Waals surface area (Å²) in [4.78, 5) is 25.4. The summed E-state index contributed by atoms with van der Waals surface area (Å²) in [7, 11) is 0. The first-order valence-corrected chi connectivity index (χ1v) is 8.10. The van der Waals surface area contributed by atoms with Gasteiger partial charge in [0.2, 0.25) is 5.91 Å². The third kappa shape index (κ3) is 3.25. The van der Waals surface area contributed by atoms with E-state index in [0.717, 1.165) is 35.9 Å². The number of likely N-dealkylation sites (tertiary alicyclic amines) is 1. The van der Waals surface area contributed by atoms with Gasteiger partial charge < -0.3 is 9.73 Å². The van der Waals surface area contributed by atoms with Crippen LogP contribution in [0.25, 0.3) is 11.1 Å². The van der Waals surface area contributed by atoms with E-state index in [1.54, 1.807) is 10.6 Å². The molecular formula is C15H18BrN3O3. The molecule has 1 N–H and O–H groups in total. The van der Waals surface area contributed by atoms with E-state index in [1.807, 2.05) is 12.1 Å². The van der Waals surface area contributed by atoms with Crippen LogP contribution in [0.5, 0.6) is 0 Å². The van der Waals surface area contributed by atoms with Crippen molar-refractivity contribution in [2.24, 2.45) is 0 Å². The maximum atomic E-state index is 12.1. The van der Waals surface area contributed by atoms with E-state index in [9.17, 15) is 9.59 Å². The van der Waals surface area contributed by atoms with Crippen LogP contribution in [0.4, 0.5) is 0 Å². The Kier molecular flexibility index (Phi) is 4.35. The van der Waals surface area contributed by atoms with Gasteiger partial charge in [-0.25, -0.2) is 4.79 Å². The predicted molar refractivity (Wildman–Crippen MR) is 86.6 cm³/mol. The van der Waals surface area contributed by atoms with Gasteiger partial charge in [0.25, 0.3) is 0 Å². The van der Waals surface area contributed by atoms with Crippen LogP contribution >= 0.6 is 15.9 Å². The van der Waals surface area contributed by atoms with Crippen molar-refractivity contribution < 1.29 is 9.21 Å². The monoisotopic (exact) mass is 367 g/mol. The fourth-order valence-corrected chi connectivity index (χ4v) is 3.30. The number of nitrogens with one attached hydrogen (secondary N) is 1. The molecule has 7 heteroatoms. The van der Waals surface area contributed by atoms with Crippen LogP contribution < -0.4 is 11.1 Å². The van der Waals surface area contributed by atoms with Crippen molar-refractivity contribution >= 4 is 32.9 Å². The Balaban J connectivity index is 1.79. The number of carbonyl (C=O) groups is 1. The van der Waals surface area contributed by atoms with Crippen molar-refractivity contribution in [1.29, 1.82) is 0 Å². The van der Waals surface area contributed by atoms with Gasteiger partial charge in [0.15, 0.2) is 5.58 Å². The highest BCUT2D eigenvalue weighted by Gasteiger charge is 2.22. The van der Waals surface area contributed by atoms with E-state index in [4.69, 9.17) is 4.42 Å². The van der Waals surface area contributed by atoms with E-state index in [1.165, 1.54) is 6.92 Å². The molecule has 0 radical (unpaired) electrons. The molecule has 1 unspecified atom stereocenters. The Bertz CT molecular complexity index is 752. The van der Waals surface area contributed by atoms with Gasteiger partial charge in [0, 0.05) is 24.0 Å². The van der Waals surface area contributed by atoms with Crippen LogP contribution in [0.3, 0.4) is 0 Å². The second-order valence-electron chi connectivity index (χ2n) is 5.67. The zero-order chi connectivity index (χ0) is 15.7. The molecule has 118 valence electrons. The molecule has 1 fully saturated rings. The lowest BCUT2D eigenvalue weighted by atomic mass is 10.1. The van der Waals surface area contributed by atoms with Crippen LogP contribution in [0.15, 0.2) is 31.9 Å². The van der Waals surface area contributed by atoms with Gasteiger partial charge in [0.05, 0.1) is 12.2 Å². The maximum absolute atomic E-state index is 12.1. The average Bonchev–Trinajstić information content (AvgIpc) is 2.74. The van der Waals surface area contributed by atoms with Crippen molar-refractivity contribution in [3.8, 4) is 0 Å². The molecule has 0 saturated carbocycles. The number of hydrogen-bond donors (Lipinski definition) is 1. The predicted octanol–water partition coefficient (Wildman–Crippen LogP) is 1.91. The molecule has 1 atom stereocenters. The summed E-state index contributed by atoms with van der Waals surface area (Å²) in [5.74, 6) is -0.364. The first-order chi connectivity index (χ1) is 10.5. The number of carbonyl (C=O) groups excluding carboxylic acids is 1. The zero-order valence-corrected chi connectivity index (χ0v) is 13.9. The number of amides is 1. The highest BCUT2D eigenvalue weighted by Crippen LogP contribution is 2.20. The molecule has 1 aliphatic rings. The van der Waals surface area contributed by atoms with E-state index < -0.39 is 0 Å². The SMILES string of the molecule is CC(=O)NC1CCCN(Cn2c(=O)oc3cc(Br)ccc32)C1. The number of nitrogens with zero attached hydrogens (tertiary/aromatic N) is 2. The van der Waals surface area contributed by atoms with Crippen molar-refractivity contribution in [1.82, 2.24) is 14.8 Å². The lowest BCUT2D eigenvalue weighted by molar-refractivity contribution is -0.120. The summed E-state index contributed by atoms with van der Waals surface area (Å²) in [6.07, 6.45) is 1.98. The number of rotatable bonds is 3. The molecular weight excluding hydrogens is 350 g/mol. The second kappa shape index (κ2) is 6.26. The van der Waals surface area contributed by atoms with Gasteiger partial charge in [-0.05, 0) is 37.6 Å². The van der Waals surface area contributed by atoms with Crippen LogP contribution in [-0.4, -0.2) is 34.5 Å². The average molecular weight is 368 g/mol. The van der Waals surface area contributed by atoms with Crippen LogP contribution in [0, 0.1) is 0 Å². The Morgan fingerprint density at radius 3 is 3.09 bits per heavy atom. The summed E-state index contributed by atoms with van der Waals surface area (Å²) in [6, 6.07) is 5.71. The molecule has 0 aliphatic carbocycles. The van der Waals surface area contributed by atoms with Crippen molar-refractivity contribution in [2.45, 2.75) is 32.5 Å². The minimum absolute atomic E-state index is 0.0115. The summed E-state index contributed by atoms with van der Waals surface area (Å²) in [5, 5.41) is 2.95. The molecule has 0 spiro atoms. The Labute approximate surface area is 136 Å². The van der Waals surface area contributed by atoms with Crippen LogP contribution in [-0.2, 0) is 11.5 Å². The van der Waals surface area contributed by atoms with Gasteiger partial charge in [0.1, 0.15) is 0 Å². The molecule has 22 heavy (non-hydrogen) atoms. The molecule has 2 aromatic rings. The minimum atomic E-state index is -0.352. The summed E-state index contributed by atoms with van der Waals surface area (Å²) in [5.41, 5.74) is 1.37. The molecule has 6 nitrogen and oxygen atoms in total. The molecule has 1 aromatic carbocycles. The minimum Gasteiger partial charge on any atom is -0.408 e. The van der Waals surface area contributed by atoms with Crippen LogP contribution in [0.1, 0.15) is 19.8 Å². The second-order valence-corrected chi connectivity index (χ2v) is 6.58. The normalized spacial score (nSPS) is 19.5. The van der Waals surface area contributed by atoms with E-state index in [-0.39, 0.29) is 17.7 Å². The van der Waals surface area contributed by atoms with Crippen molar-refractivity contribution in [3.63, 3.8) is 0 Å². The van der Waals surface area contributed by atoms with E-state index in [2.05, 4.69) is 26.1 Å². The van der Waals surface area contributed by atoms with Gasteiger partial charge in [-0.15, -0.1) is 0 Å². The first-order valence-electron chi connectivity index (χ1n) is 7.31. The fraction of sp³-hybridized carbons (Fsp3) is 0.467. The quantitative estimate of drug-likeness (QED) is 0.899. The number of aromatic nitrogens is 1. The number of hydrogen-bond acceptors (Lipinski definition) is 4. The number of piperidine rings is 1. The number of halogens is 1. The summed E-state index contributed by atoms with van der Waals surface area (Å²) >= 11 is 3.37. The standard InChI is InChI=1S/C15H18BrN3O3/c1-10(20)17-12-3-2-6-18(8-12)9-19-13-5-4-11(16)7-14(13)22-15(19)21/h4-5,7,12H,2-3,6,8-9H2,1H3,(H,17,20). The van der Waals surface area contributed by atoms with E-state index in [0.29, 0.717) is 12.3 Å². The molecule has 1 aromatic heterocycles. The van der Waals surface area contributed by atoms with Gasteiger partial charge in [-0.1, -0.05) is 15.9 Å². The Morgan fingerprint density at radius 2 is 2.32 bits per heavy atom. The molecule has 1 amide bonds. The zero-order valence-electron chi connectivity index (χ0n) is 12.3. The topological polar surface area (TPSA) is 67.5 Å². The summed E-state index contributed by atoms with van der Waals surface area (Å²) in [6.45, 7) is 3.66. The lowest BCUT2D eigenvalue weighted by Gasteiger charge is -2.32. The third-order valence-electron chi connectivity index (χ3n) is 3.88. The van der Waals surface area contributed by atoms with E-state index >= 15 is 0 Å². The number of fused-ring (bicyclic) bond motifs is 1. The number of oxazole rings is 1. The molecule has 0 bridgehead atoms. The maximum Gasteiger partial charge on any atom is 0.421 e. The van der Waals surface area contributed by atoms with Gasteiger partial charge >= 0.3 is 5.76 Å². The lowest BCUT2D eigenvalue weighted by Crippen LogP contribution is -2.48.